The van der Waals surface area contributed by atoms with E-state index in [1.165, 1.54) is 18.6 Å². The number of carboxylic acids is 1. The van der Waals surface area contributed by atoms with Gasteiger partial charge in [0.05, 0.1) is 19.2 Å². The van der Waals surface area contributed by atoms with Gasteiger partial charge in [0.25, 0.3) is 5.91 Å². The zero-order valence-corrected chi connectivity index (χ0v) is 14.3. The summed E-state index contributed by atoms with van der Waals surface area (Å²) < 4.78 is 1.56. The minimum atomic E-state index is -0.897. The number of aryl methyl sites for hydroxylation is 1. The van der Waals surface area contributed by atoms with Gasteiger partial charge in [-0.25, -0.2) is 5.43 Å². The number of hydrazone groups is 1. The number of carboxylic acid groups (broad SMARTS) is 1. The smallest absolute Gasteiger partial charge is 0.305 e. The SMILES string of the molecule is O=C(O)CCn1cc(/C=N/NC(=O)c2ccncc2)c(-c2ccccc2)n1. The normalized spacial score (nSPS) is 10.8. The molecular formula is C19H17N5O3. The molecule has 0 unspecified atom stereocenters. The van der Waals surface area contributed by atoms with Crippen LogP contribution in [0.1, 0.15) is 22.3 Å². The van der Waals surface area contributed by atoms with Crippen LogP contribution in [0.25, 0.3) is 11.3 Å². The summed E-state index contributed by atoms with van der Waals surface area (Å²) in [6, 6.07) is 12.6. The molecule has 0 aliphatic heterocycles. The van der Waals surface area contributed by atoms with Crippen LogP contribution in [0.5, 0.6) is 0 Å². The molecule has 0 saturated carbocycles. The van der Waals surface area contributed by atoms with Crippen LogP contribution < -0.4 is 5.43 Å². The summed E-state index contributed by atoms with van der Waals surface area (Å²) in [7, 11) is 0. The van der Waals surface area contributed by atoms with Crippen LogP contribution in [0.4, 0.5) is 0 Å². The molecule has 136 valence electrons. The molecule has 0 saturated heterocycles. The summed E-state index contributed by atoms with van der Waals surface area (Å²) in [5.41, 5.74) is 5.10. The second-order valence-corrected chi connectivity index (χ2v) is 5.64. The van der Waals surface area contributed by atoms with Crippen molar-refractivity contribution in [2.75, 3.05) is 0 Å². The van der Waals surface area contributed by atoms with Gasteiger partial charge in [0.15, 0.2) is 0 Å². The zero-order valence-electron chi connectivity index (χ0n) is 14.3. The van der Waals surface area contributed by atoms with Gasteiger partial charge in [0.1, 0.15) is 5.69 Å². The van der Waals surface area contributed by atoms with Gasteiger partial charge in [-0.05, 0) is 12.1 Å². The largest absolute Gasteiger partial charge is 0.481 e. The van der Waals surface area contributed by atoms with E-state index in [2.05, 4.69) is 20.6 Å². The first-order valence-electron chi connectivity index (χ1n) is 8.21. The third-order valence-corrected chi connectivity index (χ3v) is 3.70. The lowest BCUT2D eigenvalue weighted by molar-refractivity contribution is -0.137. The molecule has 0 aliphatic rings. The van der Waals surface area contributed by atoms with Crippen molar-refractivity contribution >= 4 is 18.1 Å². The first-order valence-corrected chi connectivity index (χ1v) is 8.21. The summed E-state index contributed by atoms with van der Waals surface area (Å²) >= 11 is 0. The molecule has 8 nitrogen and oxygen atoms in total. The molecule has 1 amide bonds. The molecule has 27 heavy (non-hydrogen) atoms. The van der Waals surface area contributed by atoms with Crippen molar-refractivity contribution in [2.24, 2.45) is 5.10 Å². The van der Waals surface area contributed by atoms with Crippen LogP contribution in [0, 0.1) is 0 Å². The Morgan fingerprint density at radius 3 is 2.59 bits per heavy atom. The Morgan fingerprint density at radius 2 is 1.89 bits per heavy atom. The topological polar surface area (TPSA) is 109 Å². The molecule has 0 atom stereocenters. The van der Waals surface area contributed by atoms with Crippen molar-refractivity contribution in [3.63, 3.8) is 0 Å². The van der Waals surface area contributed by atoms with Crippen LogP contribution in [-0.4, -0.2) is 38.0 Å². The lowest BCUT2D eigenvalue weighted by Gasteiger charge is -1.99. The van der Waals surface area contributed by atoms with Gasteiger partial charge in [-0.3, -0.25) is 19.3 Å². The second kappa shape index (κ2) is 8.52. The summed E-state index contributed by atoms with van der Waals surface area (Å²) in [6.45, 7) is 0.242. The van der Waals surface area contributed by atoms with Crippen molar-refractivity contribution in [1.82, 2.24) is 20.2 Å². The van der Waals surface area contributed by atoms with Crippen molar-refractivity contribution in [3.8, 4) is 11.3 Å². The Balaban J connectivity index is 1.80. The number of nitrogens with zero attached hydrogens (tertiary/aromatic N) is 4. The fourth-order valence-electron chi connectivity index (χ4n) is 2.40. The van der Waals surface area contributed by atoms with Crippen molar-refractivity contribution < 1.29 is 14.7 Å². The third kappa shape index (κ3) is 4.85. The van der Waals surface area contributed by atoms with E-state index < -0.39 is 5.97 Å². The van der Waals surface area contributed by atoms with E-state index in [0.29, 0.717) is 16.8 Å². The molecule has 3 rings (SSSR count). The van der Waals surface area contributed by atoms with Crippen LogP contribution in [-0.2, 0) is 11.3 Å². The predicted molar refractivity (Wildman–Crippen MR) is 99.2 cm³/mol. The van der Waals surface area contributed by atoms with Crippen molar-refractivity contribution in [3.05, 3.63) is 72.2 Å². The van der Waals surface area contributed by atoms with E-state index >= 15 is 0 Å². The molecule has 1 aromatic carbocycles. The number of carbonyl (C=O) groups is 2. The molecule has 2 aromatic heterocycles. The number of hydrogen-bond acceptors (Lipinski definition) is 5. The quantitative estimate of drug-likeness (QED) is 0.494. The average molecular weight is 363 g/mol. The molecular weight excluding hydrogens is 346 g/mol. The Hall–Kier alpha value is -3.81. The monoisotopic (exact) mass is 363 g/mol. The van der Waals surface area contributed by atoms with Crippen molar-refractivity contribution in [1.29, 1.82) is 0 Å². The molecule has 0 aliphatic carbocycles. The fraction of sp³-hybridized carbons (Fsp3) is 0.105. The van der Waals surface area contributed by atoms with E-state index in [4.69, 9.17) is 5.11 Å². The van der Waals surface area contributed by atoms with Crippen LogP contribution >= 0.6 is 0 Å². The Bertz CT molecular complexity index is 952. The van der Waals surface area contributed by atoms with Crippen LogP contribution in [0.2, 0.25) is 0 Å². The van der Waals surface area contributed by atoms with E-state index in [1.54, 1.807) is 23.0 Å². The first-order chi connectivity index (χ1) is 13.1. The van der Waals surface area contributed by atoms with Gasteiger partial charge in [0, 0.05) is 35.3 Å². The number of benzene rings is 1. The molecule has 2 heterocycles. The standard InChI is InChI=1S/C19H17N5O3/c25-17(26)8-11-24-13-16(18(23-24)14-4-2-1-3-5-14)12-21-22-19(27)15-6-9-20-10-7-15/h1-7,9-10,12-13H,8,11H2,(H,22,27)(H,25,26)/b21-12+. The lowest BCUT2D eigenvalue weighted by Crippen LogP contribution is -2.17. The molecule has 0 radical (unpaired) electrons. The minimum absolute atomic E-state index is 0.0364. The molecule has 0 bridgehead atoms. The van der Waals surface area contributed by atoms with E-state index in [-0.39, 0.29) is 18.9 Å². The highest BCUT2D eigenvalue weighted by Gasteiger charge is 2.11. The summed E-state index contributed by atoms with van der Waals surface area (Å²) in [6.07, 6.45) is 6.21. The number of hydrogen-bond donors (Lipinski definition) is 2. The van der Waals surface area contributed by atoms with E-state index in [9.17, 15) is 9.59 Å². The van der Waals surface area contributed by atoms with Gasteiger partial charge in [0.2, 0.25) is 0 Å². The van der Waals surface area contributed by atoms with Crippen LogP contribution in [0.3, 0.4) is 0 Å². The van der Waals surface area contributed by atoms with E-state index in [1.807, 2.05) is 30.3 Å². The molecule has 0 fully saturated rings. The predicted octanol–water partition coefficient (Wildman–Crippen LogP) is 2.18. The first kappa shape index (κ1) is 18.0. The number of carbonyl (C=O) groups excluding carboxylic acids is 1. The minimum Gasteiger partial charge on any atom is -0.481 e. The number of rotatable bonds is 7. The van der Waals surface area contributed by atoms with Crippen molar-refractivity contribution in [2.45, 2.75) is 13.0 Å². The highest BCUT2D eigenvalue weighted by molar-refractivity contribution is 5.95. The second-order valence-electron chi connectivity index (χ2n) is 5.64. The Labute approximate surface area is 155 Å². The van der Waals surface area contributed by atoms with Crippen LogP contribution in [0.15, 0.2) is 66.2 Å². The summed E-state index contributed by atoms with van der Waals surface area (Å²) in [5.74, 6) is -1.25. The lowest BCUT2D eigenvalue weighted by atomic mass is 10.1. The molecule has 2 N–H and O–H groups in total. The van der Waals surface area contributed by atoms with Gasteiger partial charge >= 0.3 is 5.97 Å². The molecule has 0 spiro atoms. The number of nitrogens with one attached hydrogen (secondary N) is 1. The zero-order chi connectivity index (χ0) is 19.1. The Morgan fingerprint density at radius 1 is 1.15 bits per heavy atom. The number of aliphatic carboxylic acids is 1. The highest BCUT2D eigenvalue weighted by atomic mass is 16.4. The van der Waals surface area contributed by atoms with E-state index in [0.717, 1.165) is 5.56 Å². The third-order valence-electron chi connectivity index (χ3n) is 3.70. The maximum atomic E-state index is 12.0. The maximum Gasteiger partial charge on any atom is 0.305 e. The summed E-state index contributed by atoms with van der Waals surface area (Å²) in [5, 5.41) is 17.3. The van der Waals surface area contributed by atoms with Gasteiger partial charge in [-0.1, -0.05) is 30.3 Å². The number of pyridine rings is 1. The number of amides is 1. The highest BCUT2D eigenvalue weighted by Crippen LogP contribution is 2.20. The average Bonchev–Trinajstić information content (AvgIpc) is 3.11. The van der Waals surface area contributed by atoms with Gasteiger partial charge in [-0.2, -0.15) is 10.2 Å². The van der Waals surface area contributed by atoms with Gasteiger partial charge in [-0.15, -0.1) is 0 Å². The molecule has 3 aromatic rings. The Kier molecular flexibility index (Phi) is 5.68. The maximum absolute atomic E-state index is 12.0. The number of aromatic nitrogens is 3. The molecule has 8 heteroatoms. The fourth-order valence-corrected chi connectivity index (χ4v) is 2.40. The van der Waals surface area contributed by atoms with Gasteiger partial charge < -0.3 is 5.11 Å². The summed E-state index contributed by atoms with van der Waals surface area (Å²) in [4.78, 5) is 26.7.